The van der Waals surface area contributed by atoms with Gasteiger partial charge in [0.05, 0.1) is 5.41 Å². The van der Waals surface area contributed by atoms with Crippen molar-refractivity contribution in [2.45, 2.75) is 57.8 Å². The molecule has 1 heteroatoms. The summed E-state index contributed by atoms with van der Waals surface area (Å²) in [7, 11) is 0. The molecule has 0 saturated heterocycles. The van der Waals surface area contributed by atoms with Crippen molar-refractivity contribution in [1.29, 1.82) is 0 Å². The molecule has 0 bridgehead atoms. The zero-order valence-electron chi connectivity index (χ0n) is 16.1. The van der Waals surface area contributed by atoms with Gasteiger partial charge in [-0.1, -0.05) is 79.2 Å². The van der Waals surface area contributed by atoms with Crippen molar-refractivity contribution >= 4 is 5.78 Å². The first-order chi connectivity index (χ1) is 12.6. The van der Waals surface area contributed by atoms with Crippen LogP contribution in [0.3, 0.4) is 0 Å². The summed E-state index contributed by atoms with van der Waals surface area (Å²) in [4.78, 5) is 13.7. The van der Waals surface area contributed by atoms with Crippen LogP contribution in [0, 0.1) is 5.92 Å². The van der Waals surface area contributed by atoms with E-state index in [4.69, 9.17) is 0 Å². The Balaban J connectivity index is 2.07. The summed E-state index contributed by atoms with van der Waals surface area (Å²) in [6.45, 7) is 4.44. The first-order valence-corrected chi connectivity index (χ1v) is 9.88. The lowest BCUT2D eigenvalue weighted by Crippen LogP contribution is -2.39. The third-order valence-electron chi connectivity index (χ3n) is 5.84. The largest absolute Gasteiger partial charge is 0.299 e. The summed E-state index contributed by atoms with van der Waals surface area (Å²) >= 11 is 0. The summed E-state index contributed by atoms with van der Waals surface area (Å²) in [5.41, 5.74) is 3.41. The van der Waals surface area contributed by atoms with E-state index in [0.717, 1.165) is 32.1 Å². The van der Waals surface area contributed by atoms with Crippen LogP contribution >= 0.6 is 0 Å². The highest BCUT2D eigenvalue weighted by molar-refractivity contribution is 5.90. The van der Waals surface area contributed by atoms with E-state index in [-0.39, 0.29) is 0 Å². The minimum Gasteiger partial charge on any atom is -0.299 e. The molecule has 3 rings (SSSR count). The third-order valence-corrected chi connectivity index (χ3v) is 5.84. The summed E-state index contributed by atoms with van der Waals surface area (Å²) in [5.74, 6) is 0.846. The number of ketones is 1. The molecule has 0 amide bonds. The van der Waals surface area contributed by atoms with Crippen molar-refractivity contribution in [1.82, 2.24) is 0 Å². The van der Waals surface area contributed by atoms with Crippen molar-refractivity contribution in [3.05, 3.63) is 83.4 Å². The topological polar surface area (TPSA) is 17.1 Å². The number of carbonyl (C=O) groups excluding carboxylic acids is 1. The fourth-order valence-electron chi connectivity index (χ4n) is 4.18. The summed E-state index contributed by atoms with van der Waals surface area (Å²) in [6, 6.07) is 21.0. The lowest BCUT2D eigenvalue weighted by Gasteiger charge is -2.35. The Bertz CT molecular complexity index is 744. The van der Waals surface area contributed by atoms with Crippen LogP contribution in [0.2, 0.25) is 0 Å². The highest BCUT2D eigenvalue weighted by Crippen LogP contribution is 2.38. The molecular weight excluding hydrogens is 316 g/mol. The lowest BCUT2D eigenvalue weighted by molar-refractivity contribution is -0.125. The van der Waals surface area contributed by atoms with Crippen LogP contribution in [0.4, 0.5) is 0 Å². The number of Topliss-reactive ketones (excluding diaryl/α,β-unsaturated/α-hetero) is 1. The molecule has 2 atom stereocenters. The van der Waals surface area contributed by atoms with Crippen LogP contribution in [-0.4, -0.2) is 5.78 Å². The Morgan fingerprint density at radius 2 is 1.65 bits per heavy atom. The molecule has 0 fully saturated rings. The van der Waals surface area contributed by atoms with Gasteiger partial charge in [0.25, 0.3) is 0 Å². The second-order valence-electron chi connectivity index (χ2n) is 7.97. The number of hydrogen-bond donors (Lipinski definition) is 0. The van der Waals surface area contributed by atoms with Gasteiger partial charge in [-0.05, 0) is 56.1 Å². The van der Waals surface area contributed by atoms with Gasteiger partial charge in [0.1, 0.15) is 5.78 Å². The maximum Gasteiger partial charge on any atom is 0.144 e. The van der Waals surface area contributed by atoms with Gasteiger partial charge in [-0.15, -0.1) is 0 Å². The molecule has 2 aromatic carbocycles. The molecular formula is C25H30O. The van der Waals surface area contributed by atoms with Crippen LogP contribution in [0.25, 0.3) is 0 Å². The number of rotatable bonds is 3. The number of carbonyl (C=O) groups is 1. The van der Waals surface area contributed by atoms with E-state index in [1.54, 1.807) is 0 Å². The number of allylic oxidation sites excluding steroid dienone is 2. The van der Waals surface area contributed by atoms with Gasteiger partial charge in [-0.25, -0.2) is 0 Å². The fraction of sp³-hybridized carbons (Fsp3) is 0.400. The molecule has 0 N–H and O–H groups in total. The van der Waals surface area contributed by atoms with Gasteiger partial charge in [0.2, 0.25) is 0 Å². The zero-order valence-corrected chi connectivity index (χ0v) is 16.1. The minimum absolute atomic E-state index is 0.412. The van der Waals surface area contributed by atoms with Crippen LogP contribution in [0.5, 0.6) is 0 Å². The molecule has 2 aromatic rings. The van der Waals surface area contributed by atoms with Crippen molar-refractivity contribution in [2.24, 2.45) is 5.92 Å². The first-order valence-electron chi connectivity index (χ1n) is 9.88. The molecule has 1 nitrogen and oxygen atoms in total. The van der Waals surface area contributed by atoms with Gasteiger partial charge < -0.3 is 0 Å². The van der Waals surface area contributed by atoms with Crippen molar-refractivity contribution in [3.8, 4) is 0 Å². The van der Waals surface area contributed by atoms with Crippen LogP contribution < -0.4 is 0 Å². The SMILES string of the molecule is C/C1=C\CC[C@H](C)CC(=O)[C@@](Cc2ccccc2)(c2ccccc2)CC1. The first kappa shape index (κ1) is 18.6. The van der Waals surface area contributed by atoms with E-state index in [1.165, 1.54) is 16.7 Å². The van der Waals surface area contributed by atoms with Gasteiger partial charge in [0.15, 0.2) is 0 Å². The summed E-state index contributed by atoms with van der Waals surface area (Å²) < 4.78 is 0. The molecule has 0 heterocycles. The van der Waals surface area contributed by atoms with E-state index >= 15 is 0 Å². The highest BCUT2D eigenvalue weighted by Gasteiger charge is 2.39. The van der Waals surface area contributed by atoms with Crippen molar-refractivity contribution < 1.29 is 4.79 Å². The molecule has 1 aliphatic rings. The van der Waals surface area contributed by atoms with E-state index in [2.05, 4.69) is 68.5 Å². The fourth-order valence-corrected chi connectivity index (χ4v) is 4.18. The third kappa shape index (κ3) is 4.33. The molecule has 136 valence electrons. The molecule has 0 aromatic heterocycles. The quantitative estimate of drug-likeness (QED) is 0.597. The van der Waals surface area contributed by atoms with Crippen LogP contribution in [0.15, 0.2) is 72.3 Å². The average Bonchev–Trinajstić information content (AvgIpc) is 2.66. The highest BCUT2D eigenvalue weighted by atomic mass is 16.1. The Kier molecular flexibility index (Phi) is 6.08. The monoisotopic (exact) mass is 346 g/mol. The maximum atomic E-state index is 13.7. The van der Waals surface area contributed by atoms with Gasteiger partial charge in [0, 0.05) is 6.42 Å². The zero-order chi connectivity index (χ0) is 18.4. The Hall–Kier alpha value is -2.15. The molecule has 0 spiro atoms. The maximum absolute atomic E-state index is 13.7. The van der Waals surface area contributed by atoms with Crippen molar-refractivity contribution in [3.63, 3.8) is 0 Å². The second kappa shape index (κ2) is 8.49. The molecule has 0 aliphatic heterocycles. The number of benzene rings is 2. The molecule has 26 heavy (non-hydrogen) atoms. The Morgan fingerprint density at radius 1 is 1.00 bits per heavy atom. The normalized spacial score (nSPS) is 26.8. The predicted molar refractivity (Wildman–Crippen MR) is 109 cm³/mol. The Labute approximate surface area is 158 Å². The van der Waals surface area contributed by atoms with Gasteiger partial charge in [-0.2, -0.15) is 0 Å². The van der Waals surface area contributed by atoms with E-state index < -0.39 is 5.41 Å². The van der Waals surface area contributed by atoms with Crippen LogP contribution in [0.1, 0.15) is 57.1 Å². The second-order valence-corrected chi connectivity index (χ2v) is 7.97. The van der Waals surface area contributed by atoms with E-state index in [1.807, 2.05) is 12.1 Å². The summed E-state index contributed by atoms with van der Waals surface area (Å²) in [6.07, 6.45) is 7.91. The number of hydrogen-bond acceptors (Lipinski definition) is 1. The van der Waals surface area contributed by atoms with E-state index in [0.29, 0.717) is 18.1 Å². The Morgan fingerprint density at radius 3 is 2.35 bits per heavy atom. The van der Waals surface area contributed by atoms with Gasteiger partial charge in [-0.3, -0.25) is 4.79 Å². The summed E-state index contributed by atoms with van der Waals surface area (Å²) in [5, 5.41) is 0. The lowest BCUT2D eigenvalue weighted by atomic mass is 9.66. The molecule has 0 unspecified atom stereocenters. The van der Waals surface area contributed by atoms with Crippen LogP contribution in [-0.2, 0) is 16.6 Å². The van der Waals surface area contributed by atoms with E-state index in [9.17, 15) is 4.79 Å². The van der Waals surface area contributed by atoms with Gasteiger partial charge >= 0.3 is 0 Å². The minimum atomic E-state index is -0.427. The molecule has 0 radical (unpaired) electrons. The average molecular weight is 347 g/mol. The molecule has 1 aliphatic carbocycles. The predicted octanol–water partition coefficient (Wildman–Crippen LogP) is 6.28. The standard InChI is InChI=1S/C25H30O/c1-20-10-9-11-21(2)18-24(26)25(17-16-20,23-14-7-4-8-15-23)19-22-12-5-3-6-13-22/h3-8,10,12-15,21H,9,11,16-19H2,1-2H3/b20-10+/t21-,25-/m0/s1. The smallest absolute Gasteiger partial charge is 0.144 e. The van der Waals surface area contributed by atoms with Crippen molar-refractivity contribution in [2.75, 3.05) is 0 Å². The molecule has 0 saturated carbocycles.